The molecule has 3 aliphatic rings. The van der Waals surface area contributed by atoms with Gasteiger partial charge in [-0.25, -0.2) is 8.42 Å². The van der Waals surface area contributed by atoms with Gasteiger partial charge in [0.1, 0.15) is 5.75 Å². The van der Waals surface area contributed by atoms with Gasteiger partial charge in [-0.2, -0.15) is 4.31 Å². The average molecular weight is 542 g/mol. The number of hydrogen-bond acceptors (Lipinski definition) is 9. The number of carbonyl (C=O) groups excluding carboxylic acids is 1. The molecule has 3 aliphatic heterocycles. The number of nitrogens with zero attached hydrogens (tertiary/aromatic N) is 2. The fraction of sp³-hybridized carbons (Fsp3) is 0.720. The van der Waals surface area contributed by atoms with Gasteiger partial charge in [-0.1, -0.05) is 0 Å². The van der Waals surface area contributed by atoms with Gasteiger partial charge in [0.2, 0.25) is 15.9 Å². The zero-order valence-electron chi connectivity index (χ0n) is 21.4. The Morgan fingerprint density at radius 1 is 1.14 bits per heavy atom. The van der Waals surface area contributed by atoms with Crippen LogP contribution < -0.4 is 10.1 Å². The van der Waals surface area contributed by atoms with Crippen molar-refractivity contribution in [3.05, 3.63) is 24.3 Å². The summed E-state index contributed by atoms with van der Waals surface area (Å²) in [5, 5.41) is 13.3. The average Bonchev–Trinajstić information content (AvgIpc) is 2.90. The first-order valence-electron chi connectivity index (χ1n) is 13.0. The van der Waals surface area contributed by atoms with E-state index in [0.717, 1.165) is 39.3 Å². The van der Waals surface area contributed by atoms with Crippen LogP contribution in [-0.2, 0) is 29.0 Å². The second kappa shape index (κ2) is 13.3. The van der Waals surface area contributed by atoms with Crippen LogP contribution >= 0.6 is 0 Å². The highest BCUT2D eigenvalue weighted by Crippen LogP contribution is 2.32. The van der Waals surface area contributed by atoms with Crippen molar-refractivity contribution < 1.29 is 37.3 Å². The van der Waals surface area contributed by atoms with Crippen LogP contribution in [0.15, 0.2) is 29.2 Å². The molecule has 3 fully saturated rings. The molecule has 0 unspecified atom stereocenters. The van der Waals surface area contributed by atoms with Crippen LogP contribution in [0.1, 0.15) is 25.7 Å². The van der Waals surface area contributed by atoms with Gasteiger partial charge in [-0.3, -0.25) is 9.69 Å². The number of nitrogens with one attached hydrogen (secondary N) is 1. The van der Waals surface area contributed by atoms with Gasteiger partial charge in [-0.15, -0.1) is 0 Å². The van der Waals surface area contributed by atoms with E-state index in [2.05, 4.69) is 10.2 Å². The molecular formula is C25H39N3O8S. The van der Waals surface area contributed by atoms with Crippen molar-refractivity contribution in [2.45, 2.75) is 54.9 Å². The summed E-state index contributed by atoms with van der Waals surface area (Å²) in [6.45, 7) is 4.97. The monoisotopic (exact) mass is 541 g/mol. The summed E-state index contributed by atoms with van der Waals surface area (Å²) in [5.41, 5.74) is 0. The van der Waals surface area contributed by atoms with Gasteiger partial charge in [0.25, 0.3) is 0 Å². The molecule has 37 heavy (non-hydrogen) atoms. The predicted molar refractivity (Wildman–Crippen MR) is 135 cm³/mol. The number of hydrogen-bond donors (Lipinski definition) is 2. The number of rotatable bonds is 9. The third-order valence-electron chi connectivity index (χ3n) is 7.09. The number of methoxy groups -OCH3 is 1. The van der Waals surface area contributed by atoms with Gasteiger partial charge in [0.05, 0.1) is 69.2 Å². The molecule has 4 rings (SSSR count). The van der Waals surface area contributed by atoms with E-state index >= 15 is 0 Å². The Balaban J connectivity index is 1.33. The maximum absolute atomic E-state index is 13.6. The number of ether oxygens (including phenoxy) is 4. The summed E-state index contributed by atoms with van der Waals surface area (Å²) >= 11 is 0. The summed E-state index contributed by atoms with van der Waals surface area (Å²) in [5.74, 6) is 0.483. The molecule has 0 saturated carbocycles. The van der Waals surface area contributed by atoms with E-state index in [-0.39, 0.29) is 43.1 Å². The van der Waals surface area contributed by atoms with Crippen molar-refractivity contribution in [3.63, 3.8) is 0 Å². The number of carbonyl (C=O) groups is 1. The van der Waals surface area contributed by atoms with Gasteiger partial charge in [-0.05, 0) is 50.1 Å². The lowest BCUT2D eigenvalue weighted by Gasteiger charge is -2.43. The standard InChI is InChI=1S/C25H39N3O8S/c1-33-20-3-6-22(7-4-20)37(31,32)28-16-19(29)17-35-18-24-23(28)8-5-21(36-24)15-25(30)26-9-2-10-27-11-13-34-14-12-27/h3-4,6-7,19,21,23-24,29H,2,5,8-18H2,1H3,(H,26,30)/t19-,21+,23+,24-/m1/s1. The molecule has 3 heterocycles. The lowest BCUT2D eigenvalue weighted by Crippen LogP contribution is -2.57. The first-order chi connectivity index (χ1) is 17.9. The predicted octanol–water partition coefficient (Wildman–Crippen LogP) is 0.222. The van der Waals surface area contributed by atoms with Crippen molar-refractivity contribution in [1.82, 2.24) is 14.5 Å². The fourth-order valence-electron chi connectivity index (χ4n) is 5.09. The van der Waals surface area contributed by atoms with E-state index in [1.807, 2.05) is 0 Å². The first-order valence-corrected chi connectivity index (χ1v) is 14.4. The molecule has 4 atom stereocenters. The first kappa shape index (κ1) is 28.2. The van der Waals surface area contributed by atoms with Crippen LogP contribution in [0, 0.1) is 0 Å². The van der Waals surface area contributed by atoms with Crippen molar-refractivity contribution in [3.8, 4) is 5.75 Å². The number of aliphatic hydroxyl groups excluding tert-OH is 1. The molecule has 1 aromatic rings. The van der Waals surface area contributed by atoms with E-state index in [0.29, 0.717) is 25.1 Å². The minimum Gasteiger partial charge on any atom is -0.497 e. The van der Waals surface area contributed by atoms with Crippen LogP contribution in [-0.4, -0.2) is 119 Å². The van der Waals surface area contributed by atoms with Crippen LogP contribution in [0.25, 0.3) is 0 Å². The summed E-state index contributed by atoms with van der Waals surface area (Å²) in [4.78, 5) is 15.0. The summed E-state index contributed by atoms with van der Waals surface area (Å²) in [6, 6.07) is 5.69. The summed E-state index contributed by atoms with van der Waals surface area (Å²) < 4.78 is 50.8. The Labute approximate surface area is 219 Å². The molecule has 3 saturated heterocycles. The molecule has 0 aliphatic carbocycles. The fourth-order valence-corrected chi connectivity index (χ4v) is 6.80. The topological polar surface area (TPSA) is 127 Å². The Hall–Kier alpha value is -1.80. The second-order valence-corrected chi connectivity index (χ2v) is 11.6. The number of aliphatic hydroxyl groups is 1. The number of sulfonamides is 1. The van der Waals surface area contributed by atoms with Gasteiger partial charge in [0.15, 0.2) is 0 Å². The maximum Gasteiger partial charge on any atom is 0.243 e. The summed E-state index contributed by atoms with van der Waals surface area (Å²) in [6.07, 6.45) is 0.325. The van der Waals surface area contributed by atoms with Crippen LogP contribution in [0.3, 0.4) is 0 Å². The second-order valence-electron chi connectivity index (χ2n) is 9.74. The smallest absolute Gasteiger partial charge is 0.243 e. The van der Waals surface area contributed by atoms with E-state index in [4.69, 9.17) is 18.9 Å². The van der Waals surface area contributed by atoms with Gasteiger partial charge in [0, 0.05) is 26.2 Å². The number of benzene rings is 1. The van der Waals surface area contributed by atoms with E-state index in [1.54, 1.807) is 12.1 Å². The van der Waals surface area contributed by atoms with E-state index in [9.17, 15) is 18.3 Å². The molecule has 11 nitrogen and oxygen atoms in total. The lowest BCUT2D eigenvalue weighted by atomic mass is 9.96. The molecule has 208 valence electrons. The third kappa shape index (κ3) is 7.62. The molecular weight excluding hydrogens is 502 g/mol. The number of morpholine rings is 1. The SMILES string of the molecule is COc1ccc(S(=O)(=O)N2C[C@@H](O)COC[C@H]3O[C@H](CC(=O)NCCCN4CCOCC4)CC[C@@H]32)cc1. The quantitative estimate of drug-likeness (QED) is 0.422. The van der Waals surface area contributed by atoms with Crippen molar-refractivity contribution in [2.24, 2.45) is 0 Å². The van der Waals surface area contributed by atoms with Crippen molar-refractivity contribution in [1.29, 1.82) is 0 Å². The Morgan fingerprint density at radius 3 is 2.62 bits per heavy atom. The molecule has 0 aromatic heterocycles. The van der Waals surface area contributed by atoms with E-state index in [1.165, 1.54) is 23.5 Å². The molecule has 1 amide bonds. The van der Waals surface area contributed by atoms with Gasteiger partial charge >= 0.3 is 0 Å². The van der Waals surface area contributed by atoms with Gasteiger partial charge < -0.3 is 29.4 Å². The lowest BCUT2D eigenvalue weighted by molar-refractivity contribution is -0.146. The third-order valence-corrected chi connectivity index (χ3v) is 9.00. The highest BCUT2D eigenvalue weighted by atomic mass is 32.2. The number of amides is 1. The van der Waals surface area contributed by atoms with Crippen LogP contribution in [0.5, 0.6) is 5.75 Å². The largest absolute Gasteiger partial charge is 0.497 e. The normalized spacial score (nSPS) is 28.1. The maximum atomic E-state index is 13.6. The van der Waals surface area contributed by atoms with Crippen LogP contribution in [0.2, 0.25) is 0 Å². The molecule has 0 spiro atoms. The molecule has 1 aromatic carbocycles. The highest BCUT2D eigenvalue weighted by Gasteiger charge is 2.43. The molecule has 2 N–H and O–H groups in total. The molecule has 12 heteroatoms. The Kier molecular flexibility index (Phi) is 10.2. The minimum atomic E-state index is -3.90. The number of fused-ring (bicyclic) bond motifs is 1. The molecule has 0 bridgehead atoms. The molecule has 0 radical (unpaired) electrons. The van der Waals surface area contributed by atoms with E-state index < -0.39 is 28.3 Å². The van der Waals surface area contributed by atoms with Crippen LogP contribution in [0.4, 0.5) is 0 Å². The minimum absolute atomic E-state index is 0.00943. The number of β-amino-alcohol motifs (C(OH)–C–C–N with tert-alkyl or cyclic N) is 1. The van der Waals surface area contributed by atoms with Crippen molar-refractivity contribution in [2.75, 3.05) is 66.3 Å². The zero-order valence-corrected chi connectivity index (χ0v) is 22.2. The highest BCUT2D eigenvalue weighted by molar-refractivity contribution is 7.89. The zero-order chi connectivity index (χ0) is 26.3. The van der Waals surface area contributed by atoms with Crippen molar-refractivity contribution >= 4 is 15.9 Å². The Morgan fingerprint density at radius 2 is 1.89 bits per heavy atom. The summed E-state index contributed by atoms with van der Waals surface area (Å²) in [7, 11) is -2.39. The Bertz CT molecular complexity index is 971.